The maximum absolute atomic E-state index is 5.60. The third-order valence-electron chi connectivity index (χ3n) is 5.97. The SMILES string of the molecule is CC[NH+](CC)Cc1cc(/C(C)=N\Nc2ncnc3sc4c(c23)CCC4)ccc1OC. The fourth-order valence-electron chi connectivity index (χ4n) is 4.13. The molecule has 1 aliphatic carbocycles. The van der Waals surface area contributed by atoms with E-state index in [0.29, 0.717) is 0 Å². The van der Waals surface area contributed by atoms with Crippen molar-refractivity contribution in [3.05, 3.63) is 46.1 Å². The topological polar surface area (TPSA) is 63.8 Å². The quantitative estimate of drug-likeness (QED) is 0.429. The number of hydrogen-bond acceptors (Lipinski definition) is 6. The number of rotatable bonds is 8. The van der Waals surface area contributed by atoms with Crippen LogP contribution in [0.1, 0.15) is 48.8 Å². The molecule has 0 saturated carbocycles. The zero-order valence-corrected chi connectivity index (χ0v) is 19.0. The second-order valence-electron chi connectivity index (χ2n) is 7.73. The highest BCUT2D eigenvalue weighted by molar-refractivity contribution is 7.19. The molecule has 1 aromatic carbocycles. The Hall–Kier alpha value is -2.51. The number of fused-ring (bicyclic) bond motifs is 3. The first-order chi connectivity index (χ1) is 14.6. The normalized spacial score (nSPS) is 13.8. The van der Waals surface area contributed by atoms with Crippen molar-refractivity contribution in [2.45, 2.75) is 46.6 Å². The molecule has 0 radical (unpaired) electrons. The molecule has 0 atom stereocenters. The van der Waals surface area contributed by atoms with E-state index in [-0.39, 0.29) is 0 Å². The fourth-order valence-corrected chi connectivity index (χ4v) is 5.35. The maximum Gasteiger partial charge on any atom is 0.158 e. The molecule has 2 aromatic heterocycles. The van der Waals surface area contributed by atoms with Crippen LogP contribution in [0, 0.1) is 0 Å². The summed E-state index contributed by atoms with van der Waals surface area (Å²) in [5, 5.41) is 5.81. The van der Waals surface area contributed by atoms with Crippen LogP contribution in [0.4, 0.5) is 5.82 Å². The molecular weight excluding hydrogens is 394 g/mol. The number of quaternary nitrogens is 1. The molecule has 0 saturated heterocycles. The van der Waals surface area contributed by atoms with Gasteiger partial charge in [0.2, 0.25) is 0 Å². The number of benzene rings is 1. The smallest absolute Gasteiger partial charge is 0.158 e. The first kappa shape index (κ1) is 20.8. The second-order valence-corrected chi connectivity index (χ2v) is 8.81. The van der Waals surface area contributed by atoms with Crippen LogP contribution in [0.2, 0.25) is 0 Å². The molecule has 3 aromatic rings. The number of hydrogen-bond donors (Lipinski definition) is 2. The van der Waals surface area contributed by atoms with Crippen LogP contribution >= 0.6 is 11.3 Å². The molecule has 0 amide bonds. The Morgan fingerprint density at radius 2 is 2.07 bits per heavy atom. The lowest BCUT2D eigenvalue weighted by atomic mass is 10.1. The second kappa shape index (κ2) is 9.10. The standard InChI is InChI=1S/C23H29N5OS/c1-5-28(6-2)13-17-12-16(10-11-19(17)29-4)15(3)26-27-22-21-18-8-7-9-20(18)30-23(21)25-14-24-22/h10-12,14H,5-9,13H2,1-4H3,(H,24,25,27)/p+1/b26-15-. The minimum absolute atomic E-state index is 0.806. The lowest BCUT2D eigenvalue weighted by Crippen LogP contribution is -3.10. The van der Waals surface area contributed by atoms with E-state index < -0.39 is 0 Å². The van der Waals surface area contributed by atoms with E-state index in [0.717, 1.165) is 65.5 Å². The number of nitrogens with zero attached hydrogens (tertiary/aromatic N) is 3. The fraction of sp³-hybridized carbons (Fsp3) is 0.435. The largest absolute Gasteiger partial charge is 0.496 e. The Labute approximate surface area is 182 Å². The molecule has 1 aliphatic rings. The van der Waals surface area contributed by atoms with Crippen molar-refractivity contribution in [3.8, 4) is 5.75 Å². The lowest BCUT2D eigenvalue weighted by molar-refractivity contribution is -0.910. The molecule has 4 rings (SSSR count). The van der Waals surface area contributed by atoms with Gasteiger partial charge in [0, 0.05) is 10.4 Å². The van der Waals surface area contributed by atoms with Gasteiger partial charge in [0.1, 0.15) is 23.5 Å². The van der Waals surface area contributed by atoms with Crippen LogP contribution in [-0.2, 0) is 19.4 Å². The monoisotopic (exact) mass is 424 g/mol. The summed E-state index contributed by atoms with van der Waals surface area (Å²) in [4.78, 5) is 13.0. The van der Waals surface area contributed by atoms with Crippen LogP contribution in [0.5, 0.6) is 5.75 Å². The molecule has 7 heteroatoms. The summed E-state index contributed by atoms with van der Waals surface area (Å²) >= 11 is 1.79. The van der Waals surface area contributed by atoms with E-state index in [1.807, 2.05) is 13.0 Å². The van der Waals surface area contributed by atoms with E-state index in [9.17, 15) is 0 Å². The number of methoxy groups -OCH3 is 1. The van der Waals surface area contributed by atoms with E-state index in [1.54, 1.807) is 24.8 Å². The molecular formula is C23H30N5OS+. The Kier molecular flexibility index (Phi) is 6.29. The molecule has 30 heavy (non-hydrogen) atoms. The maximum atomic E-state index is 5.60. The number of anilines is 1. The van der Waals surface area contributed by atoms with E-state index >= 15 is 0 Å². The Morgan fingerprint density at radius 1 is 1.23 bits per heavy atom. The van der Waals surface area contributed by atoms with Gasteiger partial charge in [-0.05, 0) is 69.4 Å². The molecule has 0 spiro atoms. The minimum atomic E-state index is 0.806. The predicted octanol–water partition coefficient (Wildman–Crippen LogP) is 3.45. The number of aromatic nitrogens is 2. The highest BCUT2D eigenvalue weighted by atomic mass is 32.1. The Balaban J connectivity index is 1.61. The average molecular weight is 425 g/mol. The van der Waals surface area contributed by atoms with Gasteiger partial charge < -0.3 is 9.64 Å². The van der Waals surface area contributed by atoms with Gasteiger partial charge in [-0.2, -0.15) is 5.10 Å². The molecule has 0 aliphatic heterocycles. The highest BCUT2D eigenvalue weighted by Gasteiger charge is 2.21. The zero-order chi connectivity index (χ0) is 21.1. The first-order valence-corrected chi connectivity index (χ1v) is 11.5. The molecule has 2 N–H and O–H groups in total. The minimum Gasteiger partial charge on any atom is -0.496 e. The van der Waals surface area contributed by atoms with Gasteiger partial charge in [0.15, 0.2) is 5.82 Å². The van der Waals surface area contributed by atoms with Gasteiger partial charge in [0.25, 0.3) is 0 Å². The molecule has 0 fully saturated rings. The zero-order valence-electron chi connectivity index (χ0n) is 18.2. The van der Waals surface area contributed by atoms with Crippen LogP contribution in [0.15, 0.2) is 29.6 Å². The van der Waals surface area contributed by atoms with Gasteiger partial charge in [-0.15, -0.1) is 11.3 Å². The molecule has 2 heterocycles. The van der Waals surface area contributed by atoms with Crippen LogP contribution in [-0.4, -0.2) is 35.9 Å². The Bertz CT molecular complexity index is 1070. The predicted molar refractivity (Wildman–Crippen MR) is 124 cm³/mol. The number of ether oxygens (including phenoxy) is 1. The third-order valence-corrected chi connectivity index (χ3v) is 7.17. The number of nitrogens with one attached hydrogen (secondary N) is 2. The number of thiophene rings is 1. The van der Waals surface area contributed by atoms with Crippen molar-refractivity contribution in [1.29, 1.82) is 0 Å². The van der Waals surface area contributed by atoms with Gasteiger partial charge in [-0.3, -0.25) is 5.43 Å². The summed E-state index contributed by atoms with van der Waals surface area (Å²) in [6, 6.07) is 6.31. The summed E-state index contributed by atoms with van der Waals surface area (Å²) in [5.74, 6) is 1.74. The van der Waals surface area contributed by atoms with Crippen LogP contribution < -0.4 is 15.1 Å². The first-order valence-electron chi connectivity index (χ1n) is 10.7. The number of aryl methyl sites for hydroxylation is 2. The summed E-state index contributed by atoms with van der Waals surface area (Å²) in [6.07, 6.45) is 5.10. The van der Waals surface area contributed by atoms with Crippen LogP contribution in [0.25, 0.3) is 10.2 Å². The molecule has 6 nitrogen and oxygen atoms in total. The summed E-state index contributed by atoms with van der Waals surface area (Å²) in [6.45, 7) is 9.59. The molecule has 0 unspecified atom stereocenters. The van der Waals surface area contributed by atoms with Crippen molar-refractivity contribution < 1.29 is 9.64 Å². The number of hydrazone groups is 1. The van der Waals surface area contributed by atoms with Crippen molar-refractivity contribution in [2.75, 3.05) is 25.6 Å². The van der Waals surface area contributed by atoms with Crippen molar-refractivity contribution in [3.63, 3.8) is 0 Å². The molecule has 158 valence electrons. The van der Waals surface area contributed by atoms with E-state index in [4.69, 9.17) is 4.74 Å². The highest BCUT2D eigenvalue weighted by Crippen LogP contribution is 2.39. The van der Waals surface area contributed by atoms with Crippen molar-refractivity contribution >= 4 is 33.1 Å². The summed E-state index contributed by atoms with van der Waals surface area (Å²) in [7, 11) is 1.73. The van der Waals surface area contributed by atoms with Gasteiger partial charge in [0.05, 0.1) is 31.3 Å². The van der Waals surface area contributed by atoms with E-state index in [2.05, 4.69) is 46.5 Å². The van der Waals surface area contributed by atoms with Crippen LogP contribution in [0.3, 0.4) is 0 Å². The third kappa shape index (κ3) is 4.04. The van der Waals surface area contributed by atoms with Crippen molar-refractivity contribution in [1.82, 2.24) is 9.97 Å². The lowest BCUT2D eigenvalue weighted by Gasteiger charge is -2.18. The van der Waals surface area contributed by atoms with Gasteiger partial charge in [-0.1, -0.05) is 0 Å². The van der Waals surface area contributed by atoms with Gasteiger partial charge in [-0.25, -0.2) is 9.97 Å². The summed E-state index contributed by atoms with van der Waals surface area (Å²) in [5.41, 5.74) is 7.85. The average Bonchev–Trinajstić information content (AvgIpc) is 3.36. The Morgan fingerprint density at radius 3 is 2.83 bits per heavy atom. The summed E-state index contributed by atoms with van der Waals surface area (Å²) < 4.78 is 5.60. The van der Waals surface area contributed by atoms with E-state index in [1.165, 1.54) is 27.3 Å². The molecule has 0 bridgehead atoms. The van der Waals surface area contributed by atoms with Gasteiger partial charge >= 0.3 is 0 Å². The van der Waals surface area contributed by atoms with Crippen molar-refractivity contribution in [2.24, 2.45) is 5.10 Å².